The normalized spacial score (nSPS) is 28.3. The van der Waals surface area contributed by atoms with Crippen molar-refractivity contribution in [2.75, 3.05) is 6.61 Å². The van der Waals surface area contributed by atoms with Crippen molar-refractivity contribution in [2.45, 2.75) is 24.3 Å². The zero-order valence-electron chi connectivity index (χ0n) is 13.8. The molecule has 0 radical (unpaired) electrons. The van der Waals surface area contributed by atoms with Crippen LogP contribution in [0.4, 0.5) is 9.18 Å². The van der Waals surface area contributed by atoms with Crippen LogP contribution in [0.3, 0.4) is 0 Å². The molecule has 0 bridgehead atoms. The lowest BCUT2D eigenvalue weighted by Gasteiger charge is -2.23. The fourth-order valence-corrected chi connectivity index (χ4v) is 2.84. The van der Waals surface area contributed by atoms with Gasteiger partial charge in [-0.05, 0) is 6.07 Å². The van der Waals surface area contributed by atoms with Gasteiger partial charge in [-0.1, -0.05) is 0 Å². The van der Waals surface area contributed by atoms with Gasteiger partial charge in [0, 0.05) is 24.7 Å². The van der Waals surface area contributed by atoms with E-state index in [9.17, 15) is 19.2 Å². The summed E-state index contributed by atoms with van der Waals surface area (Å²) in [4.78, 5) is 55.9. The second-order valence-electron chi connectivity index (χ2n) is 5.83. The first kappa shape index (κ1) is 17.8. The average molecular weight is 394 g/mol. The number of carbonyl (C=O) groups excluding carboxylic acids is 2. The monoisotopic (exact) mass is 394 g/mol. The highest BCUT2D eigenvalue weighted by Crippen LogP contribution is 2.44. The summed E-state index contributed by atoms with van der Waals surface area (Å²) in [6.45, 7) is -0.990. The van der Waals surface area contributed by atoms with E-state index in [-0.39, 0.29) is 5.82 Å². The number of esters is 1. The number of hydrogen-bond acceptors (Lipinski definition) is 10. The van der Waals surface area contributed by atoms with Gasteiger partial charge in [-0.15, -0.1) is 0 Å². The summed E-state index contributed by atoms with van der Waals surface area (Å²) in [7, 11) is 0. The number of nitrogens with zero attached hydrogens (tertiary/aromatic N) is 3. The van der Waals surface area contributed by atoms with Gasteiger partial charge in [0.1, 0.15) is 0 Å². The zero-order chi connectivity index (χ0) is 19.9. The van der Waals surface area contributed by atoms with Crippen molar-refractivity contribution in [3.63, 3.8) is 0 Å². The number of fused-ring (bicyclic) bond motifs is 1. The summed E-state index contributed by atoms with van der Waals surface area (Å²) in [5, 5.41) is 0. The molecule has 2 aromatic heterocycles. The van der Waals surface area contributed by atoms with Crippen molar-refractivity contribution in [3.05, 3.63) is 57.4 Å². The summed E-state index contributed by atoms with van der Waals surface area (Å²) in [5.41, 5.74) is -1.60. The predicted octanol–water partition coefficient (Wildman–Crippen LogP) is -0.718. The molecule has 0 aliphatic carbocycles. The van der Waals surface area contributed by atoms with Crippen molar-refractivity contribution in [3.8, 4) is 0 Å². The first-order chi connectivity index (χ1) is 13.4. The van der Waals surface area contributed by atoms with Crippen molar-refractivity contribution in [2.24, 2.45) is 0 Å². The van der Waals surface area contributed by atoms with Crippen LogP contribution in [0, 0.1) is 0 Å². The van der Waals surface area contributed by atoms with E-state index in [0.717, 1.165) is 16.8 Å². The molecule has 146 valence electrons. The Labute approximate surface area is 153 Å². The maximum Gasteiger partial charge on any atom is 0.509 e. The van der Waals surface area contributed by atoms with Crippen LogP contribution in [0.1, 0.15) is 16.8 Å². The minimum atomic E-state index is -2.82. The van der Waals surface area contributed by atoms with Crippen LogP contribution < -0.4 is 11.2 Å². The van der Waals surface area contributed by atoms with E-state index in [1.807, 2.05) is 4.98 Å². The third kappa shape index (κ3) is 3.00. The Balaban J connectivity index is 1.58. The Morgan fingerprint density at radius 2 is 2.04 bits per heavy atom. The highest BCUT2D eigenvalue weighted by molar-refractivity contribution is 5.84. The van der Waals surface area contributed by atoms with Gasteiger partial charge in [0.15, 0.2) is 18.9 Å². The molecule has 0 aromatic carbocycles. The van der Waals surface area contributed by atoms with Crippen LogP contribution in [0.5, 0.6) is 0 Å². The number of ether oxygens (including phenoxy) is 4. The maximum absolute atomic E-state index is 15.4. The summed E-state index contributed by atoms with van der Waals surface area (Å²) in [5.74, 6) is -4.16. The maximum atomic E-state index is 15.4. The van der Waals surface area contributed by atoms with E-state index in [4.69, 9.17) is 18.9 Å². The molecule has 28 heavy (non-hydrogen) atoms. The zero-order valence-corrected chi connectivity index (χ0v) is 13.8. The van der Waals surface area contributed by atoms with Gasteiger partial charge < -0.3 is 18.9 Å². The van der Waals surface area contributed by atoms with Crippen molar-refractivity contribution in [1.82, 2.24) is 19.5 Å². The summed E-state index contributed by atoms with van der Waals surface area (Å²) >= 11 is 0. The van der Waals surface area contributed by atoms with E-state index in [0.29, 0.717) is 0 Å². The standard InChI is InChI=1S/C15H11FN4O8/c16-15(6-25-12(22)10-17-3-1-4-18-10)9-8(26-14(24)27-9)11(28-15)20-5-2-7(21)19-13(20)23/h1-5,8-9,11H,6H2,(H,19,21,23)/t8-,9+,11-,15-/m1/s1. The lowest BCUT2D eigenvalue weighted by atomic mass is 10.1. The number of aromatic amines is 1. The molecule has 2 fully saturated rings. The van der Waals surface area contributed by atoms with E-state index in [2.05, 4.69) is 9.97 Å². The molecule has 13 heteroatoms. The third-order valence-corrected chi connectivity index (χ3v) is 4.05. The Morgan fingerprint density at radius 1 is 1.29 bits per heavy atom. The SMILES string of the molecule is O=C1O[C@H]2[C@H](n3ccc(=O)[nH]c3=O)O[C@](F)(COC(=O)c3ncccn3)[C@H]2O1. The Bertz CT molecular complexity index is 1040. The molecule has 4 rings (SSSR count). The molecule has 2 aliphatic heterocycles. The number of aromatic nitrogens is 4. The van der Waals surface area contributed by atoms with Gasteiger partial charge in [-0.25, -0.2) is 28.7 Å². The fraction of sp³-hybridized carbons (Fsp3) is 0.333. The first-order valence-electron chi connectivity index (χ1n) is 7.87. The summed E-state index contributed by atoms with van der Waals surface area (Å²) < 4.78 is 35.9. The van der Waals surface area contributed by atoms with Gasteiger partial charge in [0.2, 0.25) is 11.9 Å². The molecule has 2 saturated heterocycles. The largest absolute Gasteiger partial charge is 0.509 e. The third-order valence-electron chi connectivity index (χ3n) is 4.05. The average Bonchev–Trinajstić information content (AvgIpc) is 3.18. The van der Waals surface area contributed by atoms with E-state index in [1.165, 1.54) is 18.5 Å². The number of H-pyrrole nitrogens is 1. The molecule has 0 spiro atoms. The van der Waals surface area contributed by atoms with Crippen molar-refractivity contribution >= 4 is 12.1 Å². The van der Waals surface area contributed by atoms with Gasteiger partial charge in [-0.2, -0.15) is 0 Å². The van der Waals surface area contributed by atoms with Gasteiger partial charge in [0.25, 0.3) is 11.4 Å². The highest BCUT2D eigenvalue weighted by atomic mass is 19.2. The lowest BCUT2D eigenvalue weighted by molar-refractivity contribution is -0.211. The topological polar surface area (TPSA) is 152 Å². The molecule has 0 saturated carbocycles. The number of nitrogens with one attached hydrogen (secondary N) is 1. The van der Waals surface area contributed by atoms with Crippen LogP contribution in [0.2, 0.25) is 0 Å². The number of halogens is 1. The molecular weight excluding hydrogens is 383 g/mol. The predicted molar refractivity (Wildman–Crippen MR) is 82.7 cm³/mol. The fourth-order valence-electron chi connectivity index (χ4n) is 2.84. The Kier molecular flexibility index (Phi) is 4.15. The lowest BCUT2D eigenvalue weighted by Crippen LogP contribution is -2.43. The molecule has 0 unspecified atom stereocenters. The number of hydrogen-bond donors (Lipinski definition) is 1. The molecule has 4 atom stereocenters. The minimum Gasteiger partial charge on any atom is -0.454 e. The minimum absolute atomic E-state index is 0.311. The second-order valence-corrected chi connectivity index (χ2v) is 5.83. The smallest absolute Gasteiger partial charge is 0.454 e. The van der Waals surface area contributed by atoms with Crippen LogP contribution in [0.15, 0.2) is 40.3 Å². The van der Waals surface area contributed by atoms with E-state index in [1.54, 1.807) is 0 Å². The Morgan fingerprint density at radius 3 is 2.75 bits per heavy atom. The molecule has 12 nitrogen and oxygen atoms in total. The molecular formula is C15H11FN4O8. The molecule has 4 heterocycles. The number of rotatable bonds is 4. The molecule has 2 aromatic rings. The van der Waals surface area contributed by atoms with E-state index >= 15 is 4.39 Å². The number of alkyl halides is 1. The van der Waals surface area contributed by atoms with Crippen molar-refractivity contribution in [1.29, 1.82) is 0 Å². The Hall–Kier alpha value is -3.61. The van der Waals surface area contributed by atoms with Gasteiger partial charge >= 0.3 is 17.8 Å². The van der Waals surface area contributed by atoms with Crippen LogP contribution in [0.25, 0.3) is 0 Å². The van der Waals surface area contributed by atoms with E-state index < -0.39 is 54.3 Å². The first-order valence-corrected chi connectivity index (χ1v) is 7.87. The summed E-state index contributed by atoms with van der Waals surface area (Å²) in [6, 6.07) is 2.47. The van der Waals surface area contributed by atoms with Crippen LogP contribution in [-0.4, -0.2) is 56.3 Å². The summed E-state index contributed by atoms with van der Waals surface area (Å²) in [6.07, 6.45) is -1.98. The molecule has 1 N–H and O–H groups in total. The quantitative estimate of drug-likeness (QED) is 0.658. The second kappa shape index (κ2) is 6.53. The van der Waals surface area contributed by atoms with Crippen molar-refractivity contribution < 1.29 is 32.9 Å². The molecule has 2 aliphatic rings. The molecule has 0 amide bonds. The van der Waals surface area contributed by atoms with Gasteiger partial charge in [-0.3, -0.25) is 14.3 Å². The van der Waals surface area contributed by atoms with Gasteiger partial charge in [0.05, 0.1) is 0 Å². The van der Waals surface area contributed by atoms with Crippen LogP contribution >= 0.6 is 0 Å². The van der Waals surface area contributed by atoms with Crippen LogP contribution in [-0.2, 0) is 18.9 Å². The number of carbonyl (C=O) groups is 2. The highest BCUT2D eigenvalue weighted by Gasteiger charge is 2.65.